The van der Waals surface area contributed by atoms with Crippen LogP contribution in [0.5, 0.6) is 0 Å². The first kappa shape index (κ1) is 16.5. The number of ether oxygens (including phenoxy) is 1. The van der Waals surface area contributed by atoms with Crippen molar-refractivity contribution in [1.82, 2.24) is 15.2 Å². The zero-order valence-electron chi connectivity index (χ0n) is 13.1. The molecule has 0 saturated heterocycles. The van der Waals surface area contributed by atoms with E-state index in [-0.39, 0.29) is 0 Å². The lowest BCUT2D eigenvalue weighted by molar-refractivity contribution is 0.0577. The molecule has 118 valence electrons. The van der Waals surface area contributed by atoms with Crippen LogP contribution in [0.15, 0.2) is 29.1 Å². The Morgan fingerprint density at radius 3 is 2.68 bits per heavy atom. The number of H-pyrrole nitrogens is 1. The summed E-state index contributed by atoms with van der Waals surface area (Å²) >= 11 is 3.37. The van der Waals surface area contributed by atoms with Crippen LogP contribution in [-0.2, 0) is 11.3 Å². The van der Waals surface area contributed by atoms with Crippen molar-refractivity contribution >= 4 is 27.7 Å². The van der Waals surface area contributed by atoms with Crippen LogP contribution in [0, 0.1) is 6.92 Å². The van der Waals surface area contributed by atoms with Gasteiger partial charge in [0.05, 0.1) is 12.2 Å². The Morgan fingerprint density at radius 1 is 1.45 bits per heavy atom. The summed E-state index contributed by atoms with van der Waals surface area (Å²) in [5.41, 5.74) is 1.77. The average molecular weight is 367 g/mol. The SMILES string of the molecule is Cc1[nH]nc(Br)c1N(Cc1cccnc1)C(=O)OC(C)(C)C. The summed E-state index contributed by atoms with van der Waals surface area (Å²) in [5, 5.41) is 6.94. The zero-order chi connectivity index (χ0) is 16.3. The van der Waals surface area contributed by atoms with E-state index in [1.54, 1.807) is 17.3 Å². The molecule has 0 aromatic carbocycles. The molecule has 2 rings (SSSR count). The summed E-state index contributed by atoms with van der Waals surface area (Å²) in [6, 6.07) is 3.74. The minimum atomic E-state index is -0.575. The summed E-state index contributed by atoms with van der Waals surface area (Å²) < 4.78 is 6.08. The Labute approximate surface area is 138 Å². The van der Waals surface area contributed by atoms with Crippen molar-refractivity contribution in [3.8, 4) is 0 Å². The van der Waals surface area contributed by atoms with Crippen LogP contribution in [-0.4, -0.2) is 26.9 Å². The first-order valence-corrected chi connectivity index (χ1v) is 7.67. The third kappa shape index (κ3) is 4.07. The Balaban J connectivity index is 2.35. The second-order valence-corrected chi connectivity index (χ2v) is 6.67. The van der Waals surface area contributed by atoms with Gasteiger partial charge in [0.1, 0.15) is 11.3 Å². The highest BCUT2D eigenvalue weighted by atomic mass is 79.9. The third-order valence-corrected chi connectivity index (χ3v) is 3.37. The van der Waals surface area contributed by atoms with Crippen molar-refractivity contribution in [1.29, 1.82) is 0 Å². The molecule has 1 amide bonds. The molecule has 2 heterocycles. The molecule has 0 aliphatic heterocycles. The summed E-state index contributed by atoms with van der Waals surface area (Å²) in [5.74, 6) is 0. The monoisotopic (exact) mass is 366 g/mol. The van der Waals surface area contributed by atoms with Crippen LogP contribution in [0.4, 0.5) is 10.5 Å². The quantitative estimate of drug-likeness (QED) is 0.895. The van der Waals surface area contributed by atoms with Crippen LogP contribution in [0.25, 0.3) is 0 Å². The van der Waals surface area contributed by atoms with Gasteiger partial charge in [0.15, 0.2) is 4.60 Å². The second kappa shape index (κ2) is 6.48. The van der Waals surface area contributed by atoms with E-state index >= 15 is 0 Å². The molecule has 2 aromatic heterocycles. The first-order valence-electron chi connectivity index (χ1n) is 6.88. The molecule has 0 saturated carbocycles. The van der Waals surface area contributed by atoms with Crippen molar-refractivity contribution in [2.75, 3.05) is 4.90 Å². The van der Waals surface area contributed by atoms with Crippen LogP contribution in [0.1, 0.15) is 32.0 Å². The molecular weight excluding hydrogens is 348 g/mol. The van der Waals surface area contributed by atoms with E-state index in [1.807, 2.05) is 39.8 Å². The lowest BCUT2D eigenvalue weighted by Crippen LogP contribution is -2.37. The number of amides is 1. The van der Waals surface area contributed by atoms with E-state index in [9.17, 15) is 4.79 Å². The number of nitrogens with zero attached hydrogens (tertiary/aromatic N) is 3. The number of nitrogens with one attached hydrogen (secondary N) is 1. The van der Waals surface area contributed by atoms with E-state index in [1.165, 1.54) is 0 Å². The fourth-order valence-corrected chi connectivity index (χ4v) is 2.53. The van der Waals surface area contributed by atoms with Crippen molar-refractivity contribution < 1.29 is 9.53 Å². The smallest absolute Gasteiger partial charge is 0.415 e. The van der Waals surface area contributed by atoms with Gasteiger partial charge in [-0.3, -0.25) is 15.0 Å². The van der Waals surface area contributed by atoms with Crippen LogP contribution >= 0.6 is 15.9 Å². The van der Waals surface area contributed by atoms with Crippen LogP contribution in [0.2, 0.25) is 0 Å². The largest absolute Gasteiger partial charge is 0.443 e. The van der Waals surface area contributed by atoms with Crippen molar-refractivity contribution in [2.24, 2.45) is 0 Å². The van der Waals surface area contributed by atoms with Gasteiger partial charge in [-0.15, -0.1) is 0 Å². The van der Waals surface area contributed by atoms with Crippen molar-refractivity contribution in [3.05, 3.63) is 40.4 Å². The molecule has 1 N–H and O–H groups in total. The molecule has 0 spiro atoms. The molecule has 7 heteroatoms. The molecule has 0 fully saturated rings. The highest BCUT2D eigenvalue weighted by molar-refractivity contribution is 9.10. The molecule has 0 aliphatic rings. The normalized spacial score (nSPS) is 11.3. The number of aromatic nitrogens is 3. The Kier molecular flexibility index (Phi) is 4.85. The van der Waals surface area contributed by atoms with Gasteiger partial charge in [0.25, 0.3) is 0 Å². The van der Waals surface area contributed by atoms with Gasteiger partial charge < -0.3 is 4.74 Å². The lowest BCUT2D eigenvalue weighted by atomic mass is 10.2. The number of carbonyl (C=O) groups is 1. The van der Waals surface area contributed by atoms with Crippen molar-refractivity contribution in [2.45, 2.75) is 39.8 Å². The number of carbonyl (C=O) groups excluding carboxylic acids is 1. The maximum absolute atomic E-state index is 12.6. The van der Waals surface area contributed by atoms with Gasteiger partial charge in [-0.05, 0) is 55.3 Å². The molecule has 0 bridgehead atoms. The number of hydrogen-bond acceptors (Lipinski definition) is 4. The fourth-order valence-electron chi connectivity index (χ4n) is 1.93. The fraction of sp³-hybridized carbons (Fsp3) is 0.400. The lowest BCUT2D eigenvalue weighted by Gasteiger charge is -2.27. The van der Waals surface area contributed by atoms with Crippen molar-refractivity contribution in [3.63, 3.8) is 0 Å². The molecule has 0 aliphatic carbocycles. The number of rotatable bonds is 3. The Morgan fingerprint density at radius 2 is 2.18 bits per heavy atom. The number of anilines is 1. The number of hydrogen-bond donors (Lipinski definition) is 1. The Hall–Kier alpha value is -1.89. The number of aryl methyl sites for hydroxylation is 1. The number of aromatic amines is 1. The number of pyridine rings is 1. The Bertz CT molecular complexity index is 630. The van der Waals surface area contributed by atoms with Gasteiger partial charge >= 0.3 is 6.09 Å². The standard InChI is InChI=1S/C15H19BrN4O2/c1-10-12(13(16)19-18-10)20(14(21)22-15(2,3)4)9-11-6-5-7-17-8-11/h5-8H,9H2,1-4H3,(H,18,19). The molecule has 22 heavy (non-hydrogen) atoms. The maximum Gasteiger partial charge on any atom is 0.415 e. The number of halogens is 1. The molecular formula is C15H19BrN4O2. The van der Waals surface area contributed by atoms with Crippen LogP contribution in [0.3, 0.4) is 0 Å². The zero-order valence-corrected chi connectivity index (χ0v) is 14.6. The molecule has 6 nitrogen and oxygen atoms in total. The highest BCUT2D eigenvalue weighted by Crippen LogP contribution is 2.30. The van der Waals surface area contributed by atoms with Crippen LogP contribution < -0.4 is 4.90 Å². The topological polar surface area (TPSA) is 71.1 Å². The van der Waals surface area contributed by atoms with Gasteiger partial charge in [0.2, 0.25) is 0 Å². The molecule has 2 aromatic rings. The third-order valence-electron chi connectivity index (χ3n) is 2.82. The molecule has 0 radical (unpaired) electrons. The van der Waals surface area contributed by atoms with Gasteiger partial charge in [-0.2, -0.15) is 5.10 Å². The van der Waals surface area contributed by atoms with E-state index in [2.05, 4.69) is 31.1 Å². The van der Waals surface area contributed by atoms with E-state index in [4.69, 9.17) is 4.74 Å². The molecule has 0 unspecified atom stereocenters. The average Bonchev–Trinajstić information content (AvgIpc) is 2.75. The minimum Gasteiger partial charge on any atom is -0.443 e. The summed E-state index contributed by atoms with van der Waals surface area (Å²) in [7, 11) is 0. The van der Waals surface area contributed by atoms with Gasteiger partial charge in [-0.25, -0.2) is 4.79 Å². The van der Waals surface area contributed by atoms with E-state index in [0.717, 1.165) is 11.3 Å². The summed E-state index contributed by atoms with van der Waals surface area (Å²) in [4.78, 5) is 18.2. The second-order valence-electron chi connectivity index (χ2n) is 5.92. The highest BCUT2D eigenvalue weighted by Gasteiger charge is 2.27. The predicted octanol–water partition coefficient (Wildman–Crippen LogP) is 3.82. The van der Waals surface area contributed by atoms with Gasteiger partial charge in [-0.1, -0.05) is 6.07 Å². The predicted molar refractivity (Wildman–Crippen MR) is 87.7 cm³/mol. The first-order chi connectivity index (χ1) is 10.3. The van der Waals surface area contributed by atoms with Gasteiger partial charge in [0, 0.05) is 12.4 Å². The summed E-state index contributed by atoms with van der Waals surface area (Å²) in [6.45, 7) is 7.72. The van der Waals surface area contributed by atoms with E-state index in [0.29, 0.717) is 16.8 Å². The van der Waals surface area contributed by atoms with E-state index < -0.39 is 11.7 Å². The minimum absolute atomic E-state index is 0.349. The summed E-state index contributed by atoms with van der Waals surface area (Å²) in [6.07, 6.45) is 2.99. The maximum atomic E-state index is 12.6. The molecule has 0 atom stereocenters.